The lowest BCUT2D eigenvalue weighted by Crippen LogP contribution is -2.05. The summed E-state index contributed by atoms with van der Waals surface area (Å²) < 4.78 is 2.04. The number of benzene rings is 1. The van der Waals surface area contributed by atoms with Crippen LogP contribution in [-0.4, -0.2) is 9.55 Å². The van der Waals surface area contributed by atoms with Gasteiger partial charge in [-0.3, -0.25) is 0 Å². The Morgan fingerprint density at radius 3 is 2.59 bits per heavy atom. The maximum absolute atomic E-state index is 6.22. The molecule has 1 aromatic heterocycles. The summed E-state index contributed by atoms with van der Waals surface area (Å²) in [5.41, 5.74) is 8.92. The molecule has 1 aromatic carbocycles. The van der Waals surface area contributed by atoms with E-state index >= 15 is 0 Å². The third-order valence-electron chi connectivity index (χ3n) is 3.01. The Morgan fingerprint density at radius 2 is 2.12 bits per heavy atom. The number of imidazole rings is 1. The van der Waals surface area contributed by atoms with Gasteiger partial charge >= 0.3 is 0 Å². The molecule has 4 heteroatoms. The summed E-state index contributed by atoms with van der Waals surface area (Å²) in [6.07, 6.45) is 1.85. The lowest BCUT2D eigenvalue weighted by atomic mass is 10.1. The molecule has 1 atom stereocenters. The van der Waals surface area contributed by atoms with Crippen LogP contribution < -0.4 is 5.73 Å². The number of hydrogen-bond donors (Lipinski definition) is 1. The topological polar surface area (TPSA) is 43.8 Å². The molecular formula is C13H16ClN3. The Labute approximate surface area is 106 Å². The van der Waals surface area contributed by atoms with Gasteiger partial charge in [0.25, 0.3) is 0 Å². The van der Waals surface area contributed by atoms with Gasteiger partial charge in [-0.1, -0.05) is 23.7 Å². The third kappa shape index (κ3) is 2.21. The van der Waals surface area contributed by atoms with E-state index in [2.05, 4.69) is 4.98 Å². The molecule has 0 spiro atoms. The number of rotatable bonds is 2. The minimum Gasteiger partial charge on any atom is -0.331 e. The van der Waals surface area contributed by atoms with Crippen LogP contribution in [0.4, 0.5) is 0 Å². The van der Waals surface area contributed by atoms with Crippen LogP contribution >= 0.6 is 11.6 Å². The van der Waals surface area contributed by atoms with Gasteiger partial charge in [0.05, 0.1) is 11.9 Å². The maximum atomic E-state index is 6.22. The summed E-state index contributed by atoms with van der Waals surface area (Å²) in [5.74, 6) is 0.979. The van der Waals surface area contributed by atoms with E-state index in [4.69, 9.17) is 17.3 Å². The fourth-order valence-electron chi connectivity index (χ4n) is 1.83. The summed E-state index contributed by atoms with van der Waals surface area (Å²) in [4.78, 5) is 4.27. The number of nitrogens with two attached hydrogens (primary N) is 1. The molecular weight excluding hydrogens is 234 g/mol. The molecule has 0 aliphatic carbocycles. The van der Waals surface area contributed by atoms with Gasteiger partial charge in [0, 0.05) is 23.7 Å². The summed E-state index contributed by atoms with van der Waals surface area (Å²) >= 11 is 6.22. The van der Waals surface area contributed by atoms with Crippen LogP contribution in [0.25, 0.3) is 11.3 Å². The van der Waals surface area contributed by atoms with Gasteiger partial charge in [-0.15, -0.1) is 0 Å². The molecule has 0 fully saturated rings. The molecule has 1 unspecified atom stereocenters. The van der Waals surface area contributed by atoms with Crippen LogP contribution in [0.15, 0.2) is 24.4 Å². The fourth-order valence-corrected chi connectivity index (χ4v) is 2.18. The highest BCUT2D eigenvalue weighted by Crippen LogP contribution is 2.28. The van der Waals surface area contributed by atoms with Crippen molar-refractivity contribution in [1.29, 1.82) is 0 Å². The normalized spacial score (nSPS) is 12.8. The van der Waals surface area contributed by atoms with Crippen molar-refractivity contribution in [3.8, 4) is 11.3 Å². The molecule has 0 amide bonds. The first-order valence-corrected chi connectivity index (χ1v) is 5.92. The average Bonchev–Trinajstić information content (AvgIpc) is 2.59. The second-order valence-corrected chi connectivity index (χ2v) is 4.68. The molecule has 3 nitrogen and oxygen atoms in total. The first kappa shape index (κ1) is 12.1. The lowest BCUT2D eigenvalue weighted by Gasteiger charge is -2.10. The summed E-state index contributed by atoms with van der Waals surface area (Å²) in [6.45, 7) is 3.90. The molecule has 0 aliphatic heterocycles. The van der Waals surface area contributed by atoms with E-state index in [1.807, 2.05) is 49.9 Å². The van der Waals surface area contributed by atoms with E-state index in [1.54, 1.807) is 0 Å². The van der Waals surface area contributed by atoms with Crippen molar-refractivity contribution in [2.45, 2.75) is 19.9 Å². The van der Waals surface area contributed by atoms with E-state index in [1.165, 1.54) is 0 Å². The van der Waals surface area contributed by atoms with Crippen LogP contribution in [0.3, 0.4) is 0 Å². The maximum Gasteiger partial charge on any atom is 0.105 e. The predicted octanol–water partition coefficient (Wildman–Crippen LogP) is 3.07. The van der Waals surface area contributed by atoms with E-state index in [0.717, 1.165) is 22.6 Å². The van der Waals surface area contributed by atoms with Gasteiger partial charge in [0.15, 0.2) is 0 Å². The van der Waals surface area contributed by atoms with Crippen LogP contribution in [0.5, 0.6) is 0 Å². The molecule has 17 heavy (non-hydrogen) atoms. The largest absolute Gasteiger partial charge is 0.331 e. The molecule has 0 aliphatic rings. The van der Waals surface area contributed by atoms with Crippen molar-refractivity contribution in [2.75, 3.05) is 0 Å². The van der Waals surface area contributed by atoms with E-state index in [-0.39, 0.29) is 6.04 Å². The second kappa shape index (κ2) is 4.51. The molecule has 0 saturated carbocycles. The van der Waals surface area contributed by atoms with Crippen LogP contribution in [0.1, 0.15) is 24.4 Å². The highest BCUT2D eigenvalue weighted by molar-refractivity contribution is 6.31. The molecule has 0 bridgehead atoms. The standard InChI is InChI=1S/C13H16ClN3/c1-8(15)11-5-4-10(6-12(11)14)13-7-16-9(2)17(13)3/h4-8H,15H2,1-3H3. The smallest absolute Gasteiger partial charge is 0.105 e. The van der Waals surface area contributed by atoms with Crippen molar-refractivity contribution in [2.24, 2.45) is 12.8 Å². The number of aryl methyl sites for hydroxylation is 1. The van der Waals surface area contributed by atoms with E-state index in [0.29, 0.717) is 5.02 Å². The van der Waals surface area contributed by atoms with Crippen molar-refractivity contribution < 1.29 is 0 Å². The van der Waals surface area contributed by atoms with Crippen molar-refractivity contribution in [3.63, 3.8) is 0 Å². The number of halogens is 1. The summed E-state index contributed by atoms with van der Waals surface area (Å²) in [7, 11) is 1.99. The zero-order chi connectivity index (χ0) is 12.6. The Balaban J connectivity index is 2.48. The van der Waals surface area contributed by atoms with Crippen molar-refractivity contribution in [1.82, 2.24) is 9.55 Å². The van der Waals surface area contributed by atoms with Gasteiger partial charge in [0.2, 0.25) is 0 Å². The third-order valence-corrected chi connectivity index (χ3v) is 3.33. The minimum absolute atomic E-state index is 0.0511. The molecule has 2 rings (SSSR count). The molecule has 90 valence electrons. The Kier molecular flexibility index (Phi) is 3.22. The second-order valence-electron chi connectivity index (χ2n) is 4.27. The van der Waals surface area contributed by atoms with Gasteiger partial charge < -0.3 is 10.3 Å². The molecule has 2 aromatic rings. The van der Waals surface area contributed by atoms with Crippen LogP contribution in [-0.2, 0) is 7.05 Å². The zero-order valence-electron chi connectivity index (χ0n) is 10.2. The lowest BCUT2D eigenvalue weighted by molar-refractivity contribution is 0.818. The van der Waals surface area contributed by atoms with Crippen LogP contribution in [0.2, 0.25) is 5.02 Å². The van der Waals surface area contributed by atoms with Gasteiger partial charge in [-0.05, 0) is 25.5 Å². The summed E-state index contributed by atoms with van der Waals surface area (Å²) in [5, 5.41) is 0.705. The first-order valence-electron chi connectivity index (χ1n) is 5.54. The number of nitrogens with zero attached hydrogens (tertiary/aromatic N) is 2. The Hall–Kier alpha value is -1.32. The average molecular weight is 250 g/mol. The molecule has 2 N–H and O–H groups in total. The molecule has 0 radical (unpaired) electrons. The minimum atomic E-state index is -0.0511. The Morgan fingerprint density at radius 1 is 1.41 bits per heavy atom. The molecule has 0 saturated heterocycles. The van der Waals surface area contributed by atoms with Gasteiger partial charge in [0.1, 0.15) is 5.82 Å². The Bertz CT molecular complexity index is 544. The monoisotopic (exact) mass is 249 g/mol. The molecule has 1 heterocycles. The highest BCUT2D eigenvalue weighted by Gasteiger charge is 2.10. The van der Waals surface area contributed by atoms with Crippen LogP contribution in [0, 0.1) is 6.92 Å². The quantitative estimate of drug-likeness (QED) is 0.889. The van der Waals surface area contributed by atoms with Gasteiger partial charge in [-0.25, -0.2) is 4.98 Å². The van der Waals surface area contributed by atoms with Gasteiger partial charge in [-0.2, -0.15) is 0 Å². The first-order chi connectivity index (χ1) is 8.00. The van der Waals surface area contributed by atoms with Crippen molar-refractivity contribution >= 4 is 11.6 Å². The van der Waals surface area contributed by atoms with E-state index in [9.17, 15) is 0 Å². The summed E-state index contributed by atoms with van der Waals surface area (Å²) in [6, 6.07) is 5.90. The SMILES string of the molecule is Cc1ncc(-c2ccc(C(C)N)c(Cl)c2)n1C. The van der Waals surface area contributed by atoms with E-state index < -0.39 is 0 Å². The van der Waals surface area contributed by atoms with Crippen molar-refractivity contribution in [3.05, 3.63) is 40.8 Å². The predicted molar refractivity (Wildman–Crippen MR) is 71.0 cm³/mol. The number of aromatic nitrogens is 2. The fraction of sp³-hybridized carbons (Fsp3) is 0.308. The number of hydrogen-bond acceptors (Lipinski definition) is 2. The highest BCUT2D eigenvalue weighted by atomic mass is 35.5. The zero-order valence-corrected chi connectivity index (χ0v) is 11.0.